The number of carbonyl (C=O) groups excluding carboxylic acids is 1. The molecule has 0 aliphatic heterocycles. The molecule has 0 aliphatic rings. The molecule has 0 heterocycles. The first-order valence-electron chi connectivity index (χ1n) is 5.81. The maximum absolute atomic E-state index is 13.2. The summed E-state index contributed by atoms with van der Waals surface area (Å²) in [5.41, 5.74) is -0.0273. The van der Waals surface area contributed by atoms with Crippen molar-refractivity contribution in [2.45, 2.75) is 51.7 Å². The minimum absolute atomic E-state index is 0.0209. The molecule has 0 saturated carbocycles. The van der Waals surface area contributed by atoms with Gasteiger partial charge in [-0.1, -0.05) is 19.9 Å². The highest BCUT2D eigenvalue weighted by Gasteiger charge is 2.35. The van der Waals surface area contributed by atoms with E-state index >= 15 is 0 Å². The predicted molar refractivity (Wildman–Crippen MR) is 60.9 cm³/mol. The molecule has 0 amide bonds. The molecule has 0 aliphatic carbocycles. The second-order valence-electron chi connectivity index (χ2n) is 4.48. The van der Waals surface area contributed by atoms with Crippen LogP contribution in [0, 0.1) is 5.92 Å². The fraction of sp³-hybridized carbons (Fsp3) is 0.750. The lowest BCUT2D eigenvalue weighted by Gasteiger charge is -2.18. The summed E-state index contributed by atoms with van der Waals surface area (Å²) >= 11 is 0. The van der Waals surface area contributed by atoms with E-state index in [0.717, 1.165) is 6.92 Å². The van der Waals surface area contributed by atoms with Crippen LogP contribution in [0.2, 0.25) is 0 Å². The summed E-state index contributed by atoms with van der Waals surface area (Å²) in [5, 5.41) is 9.30. The fourth-order valence-electron chi connectivity index (χ4n) is 1.21. The van der Waals surface area contributed by atoms with E-state index in [1.807, 2.05) is 0 Å². The number of rotatable bonds is 7. The molecule has 3 atom stereocenters. The maximum Gasteiger partial charge on any atom is 0.391 e. The molecule has 3 unspecified atom stereocenters. The van der Waals surface area contributed by atoms with Crippen LogP contribution in [0.25, 0.3) is 0 Å². The van der Waals surface area contributed by atoms with Crippen molar-refractivity contribution in [3.05, 3.63) is 12.2 Å². The fourth-order valence-corrected chi connectivity index (χ4v) is 1.21. The van der Waals surface area contributed by atoms with Gasteiger partial charge in [0.15, 0.2) is 0 Å². The summed E-state index contributed by atoms with van der Waals surface area (Å²) in [5.74, 6) is -2.51. The van der Waals surface area contributed by atoms with E-state index in [0.29, 0.717) is 0 Å². The molecule has 1 N–H and O–H groups in total. The summed E-state index contributed by atoms with van der Waals surface area (Å²) in [7, 11) is 0. The van der Waals surface area contributed by atoms with Gasteiger partial charge in [-0.2, -0.15) is 17.6 Å². The Kier molecular flexibility index (Phi) is 7.04. The molecule has 3 nitrogen and oxygen atoms in total. The number of alkyl halides is 4. The topological polar surface area (TPSA) is 46.5 Å². The van der Waals surface area contributed by atoms with Crippen LogP contribution in [0.4, 0.5) is 17.6 Å². The maximum atomic E-state index is 13.2. The van der Waals surface area contributed by atoms with Crippen molar-refractivity contribution in [1.29, 1.82) is 0 Å². The molecular formula is C12H18F4O3. The third-order valence-corrected chi connectivity index (χ3v) is 2.57. The van der Waals surface area contributed by atoms with Crippen molar-refractivity contribution in [2.75, 3.05) is 0 Å². The normalized spacial score (nSPS) is 16.6. The van der Waals surface area contributed by atoms with Crippen LogP contribution in [0.5, 0.6) is 0 Å². The first-order valence-corrected chi connectivity index (χ1v) is 5.81. The minimum Gasteiger partial charge on any atom is -0.425 e. The standard InChI is InChI=1S/C12H18F4O3/c1-7(2)11(18)19-10(13)9(17)6-4-5-8(3)12(14,15)16/h8-10,17H,1,4-6H2,2-3H3. The Labute approximate surface area is 109 Å². The lowest BCUT2D eigenvalue weighted by Crippen LogP contribution is -2.28. The van der Waals surface area contributed by atoms with Crippen molar-refractivity contribution in [1.82, 2.24) is 0 Å². The number of hydrogen-bond donors (Lipinski definition) is 1. The van der Waals surface area contributed by atoms with Gasteiger partial charge in [0.2, 0.25) is 0 Å². The summed E-state index contributed by atoms with van der Waals surface area (Å²) in [6, 6.07) is 0. The summed E-state index contributed by atoms with van der Waals surface area (Å²) < 4.78 is 54.0. The lowest BCUT2D eigenvalue weighted by molar-refractivity contribution is -0.173. The quantitative estimate of drug-likeness (QED) is 0.444. The van der Waals surface area contributed by atoms with E-state index in [9.17, 15) is 27.5 Å². The molecule has 0 saturated heterocycles. The van der Waals surface area contributed by atoms with E-state index in [-0.39, 0.29) is 24.8 Å². The minimum atomic E-state index is -4.30. The van der Waals surface area contributed by atoms with Gasteiger partial charge in [-0.3, -0.25) is 0 Å². The van der Waals surface area contributed by atoms with Crippen LogP contribution >= 0.6 is 0 Å². The molecule has 0 aromatic heterocycles. The smallest absolute Gasteiger partial charge is 0.391 e. The number of carbonyl (C=O) groups is 1. The number of aliphatic hydroxyl groups is 1. The number of aliphatic hydroxyl groups excluding tert-OH is 1. The van der Waals surface area contributed by atoms with Crippen LogP contribution in [0.15, 0.2) is 12.2 Å². The van der Waals surface area contributed by atoms with Crippen molar-refractivity contribution in [3.63, 3.8) is 0 Å². The van der Waals surface area contributed by atoms with Crippen LogP contribution < -0.4 is 0 Å². The monoisotopic (exact) mass is 286 g/mol. The molecule has 19 heavy (non-hydrogen) atoms. The van der Waals surface area contributed by atoms with E-state index in [2.05, 4.69) is 11.3 Å². The second kappa shape index (κ2) is 7.47. The Bertz CT molecular complexity index is 315. The van der Waals surface area contributed by atoms with Gasteiger partial charge in [0.25, 0.3) is 6.36 Å². The van der Waals surface area contributed by atoms with Crippen LogP contribution in [-0.2, 0) is 9.53 Å². The Morgan fingerprint density at radius 3 is 2.32 bits per heavy atom. The number of halogens is 4. The molecular weight excluding hydrogens is 268 g/mol. The average molecular weight is 286 g/mol. The Morgan fingerprint density at radius 2 is 1.89 bits per heavy atom. The zero-order valence-electron chi connectivity index (χ0n) is 10.8. The molecule has 0 spiro atoms. The highest BCUT2D eigenvalue weighted by atomic mass is 19.4. The summed E-state index contributed by atoms with van der Waals surface area (Å²) in [6.45, 7) is 5.56. The Balaban J connectivity index is 4.01. The molecule has 7 heteroatoms. The van der Waals surface area contributed by atoms with Crippen LogP contribution in [0.3, 0.4) is 0 Å². The van der Waals surface area contributed by atoms with Gasteiger partial charge in [0.1, 0.15) is 6.10 Å². The zero-order chi connectivity index (χ0) is 15.2. The molecule has 0 fully saturated rings. The average Bonchev–Trinajstić information content (AvgIpc) is 2.26. The summed E-state index contributed by atoms with van der Waals surface area (Å²) in [6.07, 6.45) is -8.65. The number of esters is 1. The molecule has 0 radical (unpaired) electrons. The van der Waals surface area contributed by atoms with Gasteiger partial charge >= 0.3 is 12.1 Å². The van der Waals surface area contributed by atoms with Crippen molar-refractivity contribution < 1.29 is 32.2 Å². The number of ether oxygens (including phenoxy) is 1. The van der Waals surface area contributed by atoms with E-state index in [1.165, 1.54) is 6.92 Å². The van der Waals surface area contributed by atoms with Gasteiger partial charge in [0, 0.05) is 5.57 Å². The molecule has 112 valence electrons. The van der Waals surface area contributed by atoms with Gasteiger partial charge in [0.05, 0.1) is 5.92 Å². The second-order valence-corrected chi connectivity index (χ2v) is 4.48. The van der Waals surface area contributed by atoms with Crippen molar-refractivity contribution >= 4 is 5.97 Å². The largest absolute Gasteiger partial charge is 0.425 e. The third-order valence-electron chi connectivity index (χ3n) is 2.57. The van der Waals surface area contributed by atoms with Gasteiger partial charge in [-0.05, 0) is 19.8 Å². The SMILES string of the molecule is C=C(C)C(=O)OC(F)C(O)CCCC(C)C(F)(F)F. The van der Waals surface area contributed by atoms with Crippen LogP contribution in [0.1, 0.15) is 33.1 Å². The van der Waals surface area contributed by atoms with Crippen molar-refractivity contribution in [2.24, 2.45) is 5.92 Å². The van der Waals surface area contributed by atoms with Gasteiger partial charge in [-0.25, -0.2) is 4.79 Å². The Morgan fingerprint density at radius 1 is 1.37 bits per heavy atom. The highest BCUT2D eigenvalue weighted by molar-refractivity contribution is 5.87. The van der Waals surface area contributed by atoms with Gasteiger partial charge < -0.3 is 9.84 Å². The number of hydrogen-bond acceptors (Lipinski definition) is 3. The zero-order valence-corrected chi connectivity index (χ0v) is 10.8. The molecule has 0 aromatic carbocycles. The van der Waals surface area contributed by atoms with Crippen molar-refractivity contribution in [3.8, 4) is 0 Å². The third kappa shape index (κ3) is 7.15. The van der Waals surface area contributed by atoms with Gasteiger partial charge in [-0.15, -0.1) is 0 Å². The Hall–Kier alpha value is -1.11. The van der Waals surface area contributed by atoms with E-state index < -0.39 is 30.5 Å². The first kappa shape index (κ1) is 17.9. The van der Waals surface area contributed by atoms with E-state index in [1.54, 1.807) is 0 Å². The molecule has 0 bridgehead atoms. The summed E-state index contributed by atoms with van der Waals surface area (Å²) in [4.78, 5) is 10.9. The van der Waals surface area contributed by atoms with Crippen LogP contribution in [-0.4, -0.2) is 29.7 Å². The molecule has 0 aromatic rings. The first-order chi connectivity index (χ1) is 8.55. The highest BCUT2D eigenvalue weighted by Crippen LogP contribution is 2.29. The predicted octanol–water partition coefficient (Wildman–Crippen LogP) is 3.13. The van der Waals surface area contributed by atoms with E-state index in [4.69, 9.17) is 0 Å². The molecule has 0 rings (SSSR count). The lowest BCUT2D eigenvalue weighted by atomic mass is 10.0.